The number of rotatable bonds is 13. The van der Waals surface area contributed by atoms with Crippen LogP contribution in [-0.2, 0) is 24.4 Å². The predicted molar refractivity (Wildman–Crippen MR) is 190 cm³/mol. The molecule has 49 heavy (non-hydrogen) atoms. The molecule has 4 fully saturated rings. The number of benzene rings is 1. The molecule has 0 spiro atoms. The van der Waals surface area contributed by atoms with E-state index >= 15 is 0 Å². The number of nitrogens with zero attached hydrogens (tertiary/aromatic N) is 1. The van der Waals surface area contributed by atoms with Crippen molar-refractivity contribution in [2.75, 3.05) is 6.54 Å². The normalized spacial score (nSPS) is 25.7. The molecule has 4 amide bonds. The fourth-order valence-electron chi connectivity index (χ4n) is 6.61. The highest BCUT2D eigenvalue weighted by Gasteiger charge is 2.62. The van der Waals surface area contributed by atoms with Crippen LogP contribution >= 0.6 is 22.9 Å². The Labute approximate surface area is 296 Å². The quantitative estimate of drug-likeness (QED) is 0.225. The third-order valence-corrected chi connectivity index (χ3v) is 13.4. The largest absolute Gasteiger partial charge is 0.377 e. The highest BCUT2D eigenvalue weighted by molar-refractivity contribution is 7.91. The second-order valence-corrected chi connectivity index (χ2v) is 18.4. The second kappa shape index (κ2) is 13.0. The van der Waals surface area contributed by atoms with Gasteiger partial charge in [0.2, 0.25) is 21.8 Å². The van der Waals surface area contributed by atoms with Crippen molar-refractivity contribution >= 4 is 66.7 Å². The number of hydrogen-bond acceptors (Lipinski definition) is 8. The molecule has 1 aliphatic heterocycles. The molecule has 2 unspecified atom stereocenters. The Morgan fingerprint density at radius 1 is 1.14 bits per heavy atom. The van der Waals surface area contributed by atoms with E-state index in [0.29, 0.717) is 28.7 Å². The molecule has 2 heterocycles. The van der Waals surface area contributed by atoms with Gasteiger partial charge in [-0.3, -0.25) is 23.9 Å². The van der Waals surface area contributed by atoms with Gasteiger partial charge in [0, 0.05) is 34.3 Å². The van der Waals surface area contributed by atoms with Gasteiger partial charge in [0.25, 0.3) is 11.8 Å². The molecule has 1 aromatic carbocycles. The van der Waals surface area contributed by atoms with E-state index in [4.69, 9.17) is 11.6 Å². The van der Waals surface area contributed by atoms with E-state index in [-0.39, 0.29) is 25.3 Å². The maximum absolute atomic E-state index is 14.5. The molecule has 0 radical (unpaired) electrons. The van der Waals surface area contributed by atoms with Crippen molar-refractivity contribution in [2.24, 2.45) is 17.3 Å². The van der Waals surface area contributed by atoms with E-state index in [1.807, 2.05) is 45.0 Å². The summed E-state index contributed by atoms with van der Waals surface area (Å²) in [6.45, 7) is 13.8. The summed E-state index contributed by atoms with van der Waals surface area (Å²) < 4.78 is 28.3. The van der Waals surface area contributed by atoms with Gasteiger partial charge in [-0.05, 0) is 62.3 Å². The Bertz CT molecular complexity index is 1830. The lowest BCUT2D eigenvalue weighted by molar-refractivity contribution is -0.142. The molecular weight excluding hydrogens is 686 g/mol. The molecular formula is C35H44ClN5O6S2. The third kappa shape index (κ3) is 7.39. The number of hydrogen-bond donors (Lipinski definition) is 4. The number of fused-ring (bicyclic) bond motifs is 1. The fraction of sp³-hybridized carbons (Fsp3) is 0.543. The fourth-order valence-corrected chi connectivity index (χ4v) is 9.39. The summed E-state index contributed by atoms with van der Waals surface area (Å²) in [5, 5.41) is 9.62. The zero-order valence-corrected chi connectivity index (χ0v) is 30.4. The van der Waals surface area contributed by atoms with Gasteiger partial charge in [-0.15, -0.1) is 17.9 Å². The standard InChI is InChI=1S/C35H44ClN5O6S2/c1-6-21-17-35(21,33(45)40-49(46,47)23-13-14-23)39-30(42)25-16-22(38-31(43)28-27(36)24-9-7-8-10-26(24)48-28)18-41(25)32(44)29(34(3,4)5)37-19(2)15-20-11-12-20/h6-10,20-23,25,29,37H,1-2,11-18H2,3-5H3,(H,38,43)(H,39,42)(H,40,45)/t21?,22-,25+,29-,35?/m1/s1. The number of allylic oxidation sites excluding steroid dienone is 1. The number of sulfonamides is 1. The molecule has 264 valence electrons. The SMILES string of the molecule is C=CC1CC1(NC(=O)[C@@H]1C[C@@H](NC(=O)c2sc3ccccc3c2Cl)CN1C(=O)[C@@H](NC(=C)CC1CC1)C(C)(C)C)C(=O)NS(=O)(=O)C1CC1. The monoisotopic (exact) mass is 729 g/mol. The molecule has 2 aromatic rings. The van der Waals surface area contributed by atoms with E-state index in [9.17, 15) is 27.6 Å². The minimum atomic E-state index is -3.87. The van der Waals surface area contributed by atoms with Crippen molar-refractivity contribution in [3.05, 3.63) is 59.1 Å². The minimum absolute atomic E-state index is 0.0364. The number of carbonyl (C=O) groups excluding carboxylic acids is 4. The summed E-state index contributed by atoms with van der Waals surface area (Å²) >= 11 is 7.86. The zero-order chi connectivity index (χ0) is 35.5. The van der Waals surface area contributed by atoms with E-state index in [2.05, 4.69) is 33.8 Å². The number of thiophene rings is 1. The molecule has 4 aliphatic rings. The van der Waals surface area contributed by atoms with Gasteiger partial charge in [0.15, 0.2) is 0 Å². The zero-order valence-electron chi connectivity index (χ0n) is 28.0. The lowest BCUT2D eigenvalue weighted by atomic mass is 9.85. The second-order valence-electron chi connectivity index (χ2n) is 15.0. The van der Waals surface area contributed by atoms with E-state index in [0.717, 1.165) is 35.0 Å². The van der Waals surface area contributed by atoms with Crippen molar-refractivity contribution in [1.82, 2.24) is 25.6 Å². The first kappa shape index (κ1) is 35.4. The minimum Gasteiger partial charge on any atom is -0.377 e. The first-order chi connectivity index (χ1) is 23.0. The topological polar surface area (TPSA) is 154 Å². The highest BCUT2D eigenvalue weighted by atomic mass is 35.5. The van der Waals surface area contributed by atoms with E-state index in [1.54, 1.807) is 0 Å². The molecule has 3 aliphatic carbocycles. The van der Waals surface area contributed by atoms with Gasteiger partial charge < -0.3 is 20.9 Å². The van der Waals surface area contributed by atoms with Crippen LogP contribution in [0, 0.1) is 17.3 Å². The lowest BCUT2D eigenvalue weighted by Gasteiger charge is -2.36. The Morgan fingerprint density at radius 2 is 1.84 bits per heavy atom. The highest BCUT2D eigenvalue weighted by Crippen LogP contribution is 2.45. The molecule has 3 saturated carbocycles. The average molecular weight is 730 g/mol. The van der Waals surface area contributed by atoms with Crippen LogP contribution in [0.2, 0.25) is 5.02 Å². The number of amides is 4. The Balaban J connectivity index is 1.25. The van der Waals surface area contributed by atoms with Crippen molar-refractivity contribution < 1.29 is 27.6 Å². The number of likely N-dealkylation sites (tertiary alicyclic amines) is 1. The van der Waals surface area contributed by atoms with Gasteiger partial charge in [-0.1, -0.05) is 63.2 Å². The molecule has 14 heteroatoms. The molecule has 1 aromatic heterocycles. The lowest BCUT2D eigenvalue weighted by Crippen LogP contribution is -2.59. The van der Waals surface area contributed by atoms with Crippen molar-refractivity contribution in [2.45, 2.75) is 94.6 Å². The number of carbonyl (C=O) groups is 4. The number of halogens is 1. The Kier molecular flexibility index (Phi) is 9.42. The van der Waals surface area contributed by atoms with E-state index < -0.39 is 68.0 Å². The summed E-state index contributed by atoms with van der Waals surface area (Å²) in [7, 11) is -3.87. The molecule has 6 rings (SSSR count). The Hall–Kier alpha value is -3.42. The maximum Gasteiger partial charge on any atom is 0.263 e. The van der Waals surface area contributed by atoms with E-state index in [1.165, 1.54) is 22.3 Å². The van der Waals surface area contributed by atoms with Gasteiger partial charge in [-0.2, -0.15) is 0 Å². The third-order valence-electron chi connectivity index (χ3n) is 9.91. The summed E-state index contributed by atoms with van der Waals surface area (Å²) in [6.07, 6.45) is 5.71. The van der Waals surface area contributed by atoms with Gasteiger partial charge >= 0.3 is 0 Å². The first-order valence-corrected chi connectivity index (χ1v) is 19.5. The van der Waals surface area contributed by atoms with Crippen LogP contribution in [0.1, 0.15) is 75.4 Å². The molecule has 4 N–H and O–H groups in total. The van der Waals surface area contributed by atoms with Gasteiger partial charge in [-0.25, -0.2) is 8.42 Å². The summed E-state index contributed by atoms with van der Waals surface area (Å²) in [4.78, 5) is 57.4. The van der Waals surface area contributed by atoms with Crippen LogP contribution < -0.4 is 20.7 Å². The van der Waals surface area contributed by atoms with Crippen molar-refractivity contribution in [3.8, 4) is 0 Å². The molecule has 1 saturated heterocycles. The first-order valence-electron chi connectivity index (χ1n) is 16.8. The van der Waals surface area contributed by atoms with Gasteiger partial charge in [0.05, 0.1) is 10.3 Å². The van der Waals surface area contributed by atoms with Crippen LogP contribution in [-0.4, -0.2) is 72.4 Å². The molecule has 5 atom stereocenters. The van der Waals surface area contributed by atoms with Crippen molar-refractivity contribution in [1.29, 1.82) is 0 Å². The van der Waals surface area contributed by atoms with Crippen LogP contribution in [0.25, 0.3) is 10.1 Å². The van der Waals surface area contributed by atoms with Gasteiger partial charge in [0.1, 0.15) is 22.5 Å². The van der Waals surface area contributed by atoms with Crippen LogP contribution in [0.3, 0.4) is 0 Å². The van der Waals surface area contributed by atoms with Crippen LogP contribution in [0.15, 0.2) is 49.2 Å². The average Bonchev–Trinajstić information content (AvgIpc) is 3.95. The smallest absolute Gasteiger partial charge is 0.263 e. The predicted octanol–water partition coefficient (Wildman–Crippen LogP) is 4.24. The maximum atomic E-state index is 14.5. The molecule has 0 bridgehead atoms. The summed E-state index contributed by atoms with van der Waals surface area (Å²) in [5.74, 6) is -2.13. The van der Waals surface area contributed by atoms with Crippen molar-refractivity contribution in [3.63, 3.8) is 0 Å². The van der Waals surface area contributed by atoms with Crippen LogP contribution in [0.4, 0.5) is 0 Å². The summed E-state index contributed by atoms with van der Waals surface area (Å²) in [6, 6.07) is 5.03. The molecule has 11 nitrogen and oxygen atoms in total. The number of nitrogens with one attached hydrogen (secondary N) is 4. The Morgan fingerprint density at radius 3 is 2.43 bits per heavy atom. The van der Waals surface area contributed by atoms with Crippen LogP contribution in [0.5, 0.6) is 0 Å². The summed E-state index contributed by atoms with van der Waals surface area (Å²) in [5.41, 5.74) is -1.33.